The summed E-state index contributed by atoms with van der Waals surface area (Å²) < 4.78 is 0. The van der Waals surface area contributed by atoms with E-state index in [1.165, 1.54) is 32.1 Å². The van der Waals surface area contributed by atoms with Crippen LogP contribution in [0.25, 0.3) is 0 Å². The molecule has 0 bridgehead atoms. The highest BCUT2D eigenvalue weighted by molar-refractivity contribution is 5.78. The van der Waals surface area contributed by atoms with Crippen LogP contribution in [0.3, 0.4) is 0 Å². The quantitative estimate of drug-likeness (QED) is 0.794. The van der Waals surface area contributed by atoms with Crippen LogP contribution in [0.15, 0.2) is 0 Å². The van der Waals surface area contributed by atoms with Crippen LogP contribution in [0, 0.1) is 11.8 Å². The molecule has 0 radical (unpaired) electrons. The number of carbonyl (C=O) groups is 1. The molecule has 1 fully saturated rings. The van der Waals surface area contributed by atoms with Crippen LogP contribution in [0.1, 0.15) is 58.8 Å². The summed E-state index contributed by atoms with van der Waals surface area (Å²) in [7, 11) is 0. The zero-order chi connectivity index (χ0) is 12.7. The summed E-state index contributed by atoms with van der Waals surface area (Å²) in [5.74, 6) is 0.611. The normalized spacial score (nSPS) is 20.7. The minimum atomic E-state index is -0.0899. The molecular formula is C14H27NO2. The molecule has 1 saturated carbocycles. The van der Waals surface area contributed by atoms with Gasteiger partial charge in [-0.15, -0.1) is 0 Å². The Hall–Kier alpha value is -0.570. The van der Waals surface area contributed by atoms with Crippen LogP contribution < -0.4 is 5.32 Å². The van der Waals surface area contributed by atoms with Crippen molar-refractivity contribution in [2.24, 2.45) is 11.8 Å². The Balaban J connectivity index is 2.43. The fourth-order valence-corrected chi connectivity index (χ4v) is 2.44. The Kier molecular flexibility index (Phi) is 6.56. The molecule has 17 heavy (non-hydrogen) atoms. The van der Waals surface area contributed by atoms with Crippen molar-refractivity contribution in [1.29, 1.82) is 0 Å². The van der Waals surface area contributed by atoms with E-state index in [0.29, 0.717) is 0 Å². The Morgan fingerprint density at radius 2 is 1.71 bits per heavy atom. The molecule has 0 aliphatic heterocycles. The Morgan fingerprint density at radius 1 is 1.18 bits per heavy atom. The van der Waals surface area contributed by atoms with Crippen molar-refractivity contribution in [2.75, 3.05) is 6.61 Å². The van der Waals surface area contributed by atoms with Gasteiger partial charge in [0.15, 0.2) is 0 Å². The highest BCUT2D eigenvalue weighted by atomic mass is 16.3. The van der Waals surface area contributed by atoms with Gasteiger partial charge in [0.25, 0.3) is 0 Å². The van der Waals surface area contributed by atoms with Gasteiger partial charge in [-0.3, -0.25) is 4.79 Å². The van der Waals surface area contributed by atoms with Crippen molar-refractivity contribution in [3.8, 4) is 0 Å². The summed E-state index contributed by atoms with van der Waals surface area (Å²) >= 11 is 0. The lowest BCUT2D eigenvalue weighted by Crippen LogP contribution is -2.44. The summed E-state index contributed by atoms with van der Waals surface area (Å²) in [6.45, 7) is 4.09. The second-order valence-corrected chi connectivity index (χ2v) is 5.58. The van der Waals surface area contributed by atoms with E-state index in [1.807, 2.05) is 13.8 Å². The number of hydrogen-bond donors (Lipinski definition) is 2. The van der Waals surface area contributed by atoms with Crippen LogP contribution >= 0.6 is 0 Å². The largest absolute Gasteiger partial charge is 0.394 e. The molecule has 1 rings (SSSR count). The molecule has 2 N–H and O–H groups in total. The van der Waals surface area contributed by atoms with Crippen LogP contribution in [0.2, 0.25) is 0 Å². The minimum absolute atomic E-state index is 0.0378. The maximum absolute atomic E-state index is 12.1. The predicted octanol–water partition coefficient (Wildman–Crippen LogP) is 2.48. The molecule has 0 aromatic heterocycles. The fraction of sp³-hybridized carbons (Fsp3) is 0.929. The molecule has 3 heteroatoms. The maximum atomic E-state index is 12.1. The van der Waals surface area contributed by atoms with Crippen LogP contribution in [-0.4, -0.2) is 23.7 Å². The molecule has 1 aliphatic carbocycles. The molecule has 0 aromatic carbocycles. The van der Waals surface area contributed by atoms with E-state index in [1.54, 1.807) is 0 Å². The summed E-state index contributed by atoms with van der Waals surface area (Å²) in [5, 5.41) is 12.2. The summed E-state index contributed by atoms with van der Waals surface area (Å²) in [6.07, 6.45) is 8.21. The molecule has 100 valence electrons. The number of aliphatic hydroxyl groups is 1. The summed E-state index contributed by atoms with van der Waals surface area (Å²) in [6, 6.07) is -0.0899. The highest BCUT2D eigenvalue weighted by Gasteiger charge is 2.22. The van der Waals surface area contributed by atoms with Crippen LogP contribution in [0.4, 0.5) is 0 Å². The lowest BCUT2D eigenvalue weighted by atomic mass is 9.90. The number of aliphatic hydroxyl groups excluding tert-OH is 1. The first-order chi connectivity index (χ1) is 8.15. The van der Waals surface area contributed by atoms with E-state index in [0.717, 1.165) is 12.8 Å². The Morgan fingerprint density at radius 3 is 2.18 bits per heavy atom. The Bertz CT molecular complexity index is 220. The summed E-state index contributed by atoms with van der Waals surface area (Å²) in [4.78, 5) is 12.1. The smallest absolute Gasteiger partial charge is 0.223 e. The van der Waals surface area contributed by atoms with E-state index in [4.69, 9.17) is 0 Å². The van der Waals surface area contributed by atoms with Crippen molar-refractivity contribution in [3.05, 3.63) is 0 Å². The maximum Gasteiger partial charge on any atom is 0.223 e. The van der Waals surface area contributed by atoms with E-state index in [-0.39, 0.29) is 30.4 Å². The van der Waals surface area contributed by atoms with Gasteiger partial charge in [-0.2, -0.15) is 0 Å². The highest BCUT2D eigenvalue weighted by Crippen LogP contribution is 2.22. The third-order valence-corrected chi connectivity index (χ3v) is 3.81. The lowest BCUT2D eigenvalue weighted by molar-refractivity contribution is -0.127. The first-order valence-electron chi connectivity index (χ1n) is 7.06. The van der Waals surface area contributed by atoms with Gasteiger partial charge < -0.3 is 10.4 Å². The topological polar surface area (TPSA) is 49.3 Å². The van der Waals surface area contributed by atoms with E-state index < -0.39 is 0 Å². The van der Waals surface area contributed by atoms with Crippen molar-refractivity contribution in [2.45, 2.75) is 64.8 Å². The van der Waals surface area contributed by atoms with Crippen molar-refractivity contribution in [1.82, 2.24) is 5.32 Å². The second-order valence-electron chi connectivity index (χ2n) is 5.58. The predicted molar refractivity (Wildman–Crippen MR) is 69.7 cm³/mol. The minimum Gasteiger partial charge on any atom is -0.394 e. The van der Waals surface area contributed by atoms with Crippen molar-refractivity contribution >= 4 is 5.91 Å². The molecule has 0 spiro atoms. The molecule has 3 nitrogen and oxygen atoms in total. The molecule has 1 atom stereocenters. The van der Waals surface area contributed by atoms with Crippen LogP contribution in [0.5, 0.6) is 0 Å². The van der Waals surface area contributed by atoms with E-state index in [2.05, 4.69) is 5.32 Å². The average molecular weight is 241 g/mol. The standard InChI is InChI=1S/C14H27NO2/c1-11(2)13(10-16)15-14(17)12-8-6-4-3-5-7-9-12/h11-13,16H,3-10H2,1-2H3,(H,15,17)/t13-/m1/s1. The van der Waals surface area contributed by atoms with E-state index >= 15 is 0 Å². The molecule has 0 aromatic rings. The zero-order valence-electron chi connectivity index (χ0n) is 11.2. The molecule has 1 amide bonds. The first-order valence-corrected chi connectivity index (χ1v) is 7.06. The Labute approximate surface area is 105 Å². The van der Waals surface area contributed by atoms with Gasteiger partial charge in [0.05, 0.1) is 12.6 Å². The molecule has 0 heterocycles. The van der Waals surface area contributed by atoms with Gasteiger partial charge in [-0.1, -0.05) is 46.0 Å². The average Bonchev–Trinajstić information content (AvgIpc) is 2.24. The van der Waals surface area contributed by atoms with E-state index in [9.17, 15) is 9.90 Å². The van der Waals surface area contributed by atoms with Gasteiger partial charge >= 0.3 is 0 Å². The molecule has 1 aliphatic rings. The lowest BCUT2D eigenvalue weighted by Gasteiger charge is -2.24. The second kappa shape index (κ2) is 7.70. The van der Waals surface area contributed by atoms with Gasteiger partial charge in [0.1, 0.15) is 0 Å². The zero-order valence-corrected chi connectivity index (χ0v) is 11.2. The SMILES string of the molecule is CC(C)[C@@H](CO)NC(=O)C1CCCCCCC1. The molecular weight excluding hydrogens is 214 g/mol. The van der Waals surface area contributed by atoms with Gasteiger partial charge in [0.2, 0.25) is 5.91 Å². The summed E-state index contributed by atoms with van der Waals surface area (Å²) in [5.41, 5.74) is 0. The number of rotatable bonds is 4. The third-order valence-electron chi connectivity index (χ3n) is 3.81. The van der Waals surface area contributed by atoms with Crippen molar-refractivity contribution < 1.29 is 9.90 Å². The van der Waals surface area contributed by atoms with Crippen LogP contribution in [-0.2, 0) is 4.79 Å². The fourth-order valence-electron chi connectivity index (χ4n) is 2.44. The van der Waals surface area contributed by atoms with Gasteiger partial charge in [-0.25, -0.2) is 0 Å². The van der Waals surface area contributed by atoms with Crippen molar-refractivity contribution in [3.63, 3.8) is 0 Å². The number of amides is 1. The third kappa shape index (κ3) is 5.07. The monoisotopic (exact) mass is 241 g/mol. The number of nitrogens with one attached hydrogen (secondary N) is 1. The van der Waals surface area contributed by atoms with Gasteiger partial charge in [0, 0.05) is 5.92 Å². The van der Waals surface area contributed by atoms with Gasteiger partial charge in [-0.05, 0) is 18.8 Å². The number of hydrogen-bond acceptors (Lipinski definition) is 2. The number of carbonyl (C=O) groups excluding carboxylic acids is 1. The molecule has 0 unspecified atom stereocenters. The first kappa shape index (κ1) is 14.5. The molecule has 0 saturated heterocycles.